The quantitative estimate of drug-likeness (QED) is 0.792. The van der Waals surface area contributed by atoms with Gasteiger partial charge in [0.05, 0.1) is 17.2 Å². The number of rotatable bonds is 5. The number of hydrogen-bond donors (Lipinski definition) is 1. The van der Waals surface area contributed by atoms with Crippen LogP contribution >= 0.6 is 0 Å². The van der Waals surface area contributed by atoms with Gasteiger partial charge >= 0.3 is 5.97 Å². The molecule has 3 rings (SSSR count). The minimum atomic E-state index is -0.574. The van der Waals surface area contributed by atoms with Crippen LogP contribution in [0.1, 0.15) is 28.9 Å². The van der Waals surface area contributed by atoms with Crippen molar-refractivity contribution < 1.29 is 19.1 Å². The van der Waals surface area contributed by atoms with Gasteiger partial charge in [-0.2, -0.15) is 5.10 Å². The van der Waals surface area contributed by atoms with Crippen LogP contribution in [0.5, 0.6) is 0 Å². The van der Waals surface area contributed by atoms with E-state index in [1.165, 1.54) is 4.90 Å². The predicted octanol–water partition coefficient (Wildman–Crippen LogP) is 1.06. The summed E-state index contributed by atoms with van der Waals surface area (Å²) in [6.07, 6.45) is 3.09. The maximum absolute atomic E-state index is 12.2. The summed E-state index contributed by atoms with van der Waals surface area (Å²) in [7, 11) is 0. The van der Waals surface area contributed by atoms with Gasteiger partial charge in [0, 0.05) is 25.0 Å². The van der Waals surface area contributed by atoms with E-state index in [0.29, 0.717) is 24.9 Å². The predicted molar refractivity (Wildman–Crippen MR) is 97.1 cm³/mol. The Hall–Kier alpha value is -3.16. The minimum absolute atomic E-state index is 0.281. The molecule has 1 aliphatic rings. The van der Waals surface area contributed by atoms with Gasteiger partial charge in [-0.3, -0.25) is 9.59 Å². The zero-order chi connectivity index (χ0) is 19.4. The van der Waals surface area contributed by atoms with Gasteiger partial charge in [0.1, 0.15) is 0 Å². The second-order valence-corrected chi connectivity index (χ2v) is 6.59. The van der Waals surface area contributed by atoms with Gasteiger partial charge in [0.25, 0.3) is 5.91 Å². The first-order valence-electron chi connectivity index (χ1n) is 8.81. The Kier molecular flexibility index (Phi) is 5.54. The fraction of sp³-hybridized carbons (Fsp3) is 0.368. The lowest BCUT2D eigenvalue weighted by Gasteiger charge is -2.31. The monoisotopic (exact) mass is 370 g/mol. The molecule has 0 unspecified atom stereocenters. The fourth-order valence-corrected chi connectivity index (χ4v) is 3.12. The summed E-state index contributed by atoms with van der Waals surface area (Å²) in [4.78, 5) is 37.2. The topological polar surface area (TPSA) is 108 Å². The molecule has 1 aromatic carbocycles. The van der Waals surface area contributed by atoms with Gasteiger partial charge in [-0.15, -0.1) is 0 Å². The molecule has 1 fully saturated rings. The van der Waals surface area contributed by atoms with Gasteiger partial charge in [0.2, 0.25) is 5.91 Å². The van der Waals surface area contributed by atoms with E-state index in [1.807, 2.05) is 13.0 Å². The molecule has 0 bridgehead atoms. The summed E-state index contributed by atoms with van der Waals surface area (Å²) in [6.45, 7) is 2.40. The number of carbonyl (C=O) groups excluding carboxylic acids is 3. The smallest absolute Gasteiger partial charge is 0.338 e. The highest BCUT2D eigenvalue weighted by Gasteiger charge is 2.27. The Morgan fingerprint density at radius 2 is 1.96 bits per heavy atom. The Bertz CT molecular complexity index is 844. The largest absolute Gasteiger partial charge is 0.452 e. The van der Waals surface area contributed by atoms with E-state index < -0.39 is 11.9 Å². The molecule has 2 N–H and O–H groups in total. The van der Waals surface area contributed by atoms with Crippen LogP contribution in [0.25, 0.3) is 5.69 Å². The Balaban J connectivity index is 1.55. The normalized spacial score (nSPS) is 16.8. The van der Waals surface area contributed by atoms with Crippen LogP contribution in [0.3, 0.4) is 0 Å². The second-order valence-electron chi connectivity index (χ2n) is 6.59. The third-order valence-corrected chi connectivity index (χ3v) is 4.68. The average molecular weight is 370 g/mol. The maximum Gasteiger partial charge on any atom is 0.338 e. The lowest BCUT2D eigenvalue weighted by molar-refractivity contribution is -0.137. The van der Waals surface area contributed by atoms with Crippen molar-refractivity contribution in [1.82, 2.24) is 14.7 Å². The number of primary amides is 1. The number of nitrogens with two attached hydrogens (primary N) is 1. The van der Waals surface area contributed by atoms with Crippen molar-refractivity contribution in [3.05, 3.63) is 47.8 Å². The average Bonchev–Trinajstić information content (AvgIpc) is 3.12. The molecule has 1 aliphatic heterocycles. The summed E-state index contributed by atoms with van der Waals surface area (Å²) in [5, 5.41) is 4.21. The highest BCUT2D eigenvalue weighted by molar-refractivity contribution is 5.91. The summed E-state index contributed by atoms with van der Waals surface area (Å²) in [5.74, 6) is -1.64. The maximum atomic E-state index is 12.2. The third kappa shape index (κ3) is 4.33. The van der Waals surface area contributed by atoms with E-state index in [-0.39, 0.29) is 25.0 Å². The molecular weight excluding hydrogens is 348 g/mol. The molecule has 2 aromatic rings. The summed E-state index contributed by atoms with van der Waals surface area (Å²) in [5.41, 5.74) is 7.48. The number of piperidine rings is 1. The number of ether oxygens (including phenoxy) is 1. The lowest BCUT2D eigenvalue weighted by atomic mass is 9.97. The summed E-state index contributed by atoms with van der Waals surface area (Å²) >= 11 is 0. The number of amides is 2. The van der Waals surface area contributed by atoms with Crippen LogP contribution in [0, 0.1) is 12.8 Å². The van der Waals surface area contributed by atoms with Crippen molar-refractivity contribution in [2.45, 2.75) is 19.8 Å². The number of aromatic nitrogens is 2. The molecule has 27 heavy (non-hydrogen) atoms. The minimum Gasteiger partial charge on any atom is -0.452 e. The van der Waals surface area contributed by atoms with Gasteiger partial charge < -0.3 is 15.4 Å². The van der Waals surface area contributed by atoms with Gasteiger partial charge in [0.15, 0.2) is 6.61 Å². The van der Waals surface area contributed by atoms with Crippen LogP contribution in [-0.4, -0.2) is 52.2 Å². The van der Waals surface area contributed by atoms with E-state index in [9.17, 15) is 14.4 Å². The number of esters is 1. The Morgan fingerprint density at radius 3 is 2.59 bits per heavy atom. The molecule has 1 saturated heterocycles. The fourth-order valence-electron chi connectivity index (χ4n) is 3.12. The van der Waals surface area contributed by atoms with Crippen molar-refractivity contribution in [2.75, 3.05) is 19.7 Å². The van der Waals surface area contributed by atoms with Gasteiger partial charge in [-0.1, -0.05) is 0 Å². The lowest BCUT2D eigenvalue weighted by Crippen LogP contribution is -2.45. The first-order valence-corrected chi connectivity index (χ1v) is 8.81. The van der Waals surface area contributed by atoms with Crippen molar-refractivity contribution in [2.24, 2.45) is 11.7 Å². The molecule has 8 heteroatoms. The van der Waals surface area contributed by atoms with Crippen LogP contribution in [0.4, 0.5) is 0 Å². The zero-order valence-corrected chi connectivity index (χ0v) is 15.1. The van der Waals surface area contributed by atoms with Gasteiger partial charge in [-0.25, -0.2) is 9.48 Å². The number of likely N-dealkylation sites (tertiary alicyclic amines) is 1. The molecule has 142 valence electrons. The van der Waals surface area contributed by atoms with E-state index in [2.05, 4.69) is 5.10 Å². The highest BCUT2D eigenvalue weighted by atomic mass is 16.5. The number of aryl methyl sites for hydroxylation is 1. The molecule has 0 aliphatic carbocycles. The standard InChI is InChI=1S/C19H22N4O4/c1-13-8-9-21-23(13)16-6-4-14(5-7-16)19(26)27-12-17(24)22-10-2-3-15(11-22)18(20)25/h4-9,15H,2-3,10-12H2,1H3,(H2,20,25)/t15-/m1/s1. The van der Waals surface area contributed by atoms with Crippen LogP contribution in [-0.2, 0) is 14.3 Å². The van der Waals surface area contributed by atoms with E-state index >= 15 is 0 Å². The third-order valence-electron chi connectivity index (χ3n) is 4.68. The Morgan fingerprint density at radius 1 is 1.22 bits per heavy atom. The van der Waals surface area contributed by atoms with Gasteiger partial charge in [-0.05, 0) is 50.1 Å². The van der Waals surface area contributed by atoms with Crippen LogP contribution in [0.2, 0.25) is 0 Å². The molecule has 1 aromatic heterocycles. The van der Waals surface area contributed by atoms with E-state index in [4.69, 9.17) is 10.5 Å². The first kappa shape index (κ1) is 18.6. The van der Waals surface area contributed by atoms with E-state index in [1.54, 1.807) is 35.1 Å². The molecule has 8 nitrogen and oxygen atoms in total. The summed E-state index contributed by atoms with van der Waals surface area (Å²) in [6, 6.07) is 8.68. The number of hydrogen-bond acceptors (Lipinski definition) is 5. The Labute approximate surface area is 156 Å². The highest BCUT2D eigenvalue weighted by Crippen LogP contribution is 2.16. The van der Waals surface area contributed by atoms with E-state index in [0.717, 1.165) is 11.4 Å². The van der Waals surface area contributed by atoms with Crippen molar-refractivity contribution in [1.29, 1.82) is 0 Å². The first-order chi connectivity index (χ1) is 13.0. The van der Waals surface area contributed by atoms with Crippen LogP contribution in [0.15, 0.2) is 36.5 Å². The molecule has 0 saturated carbocycles. The van der Waals surface area contributed by atoms with Crippen molar-refractivity contribution in [3.8, 4) is 5.69 Å². The zero-order valence-electron chi connectivity index (χ0n) is 15.1. The molecule has 0 radical (unpaired) electrons. The number of nitrogens with zero attached hydrogens (tertiary/aromatic N) is 3. The number of benzene rings is 1. The molecule has 1 atom stereocenters. The van der Waals surface area contributed by atoms with Crippen molar-refractivity contribution in [3.63, 3.8) is 0 Å². The molecule has 2 amide bonds. The summed E-state index contributed by atoms with van der Waals surface area (Å²) < 4.78 is 6.88. The SMILES string of the molecule is Cc1ccnn1-c1ccc(C(=O)OCC(=O)N2CCC[C@@H](C(N)=O)C2)cc1. The number of carbonyl (C=O) groups is 3. The molecule has 0 spiro atoms. The molecule has 2 heterocycles. The van der Waals surface area contributed by atoms with Crippen molar-refractivity contribution >= 4 is 17.8 Å². The molecular formula is C19H22N4O4. The second kappa shape index (κ2) is 8.03. The van der Waals surface area contributed by atoms with Crippen LogP contribution < -0.4 is 5.73 Å².